The van der Waals surface area contributed by atoms with Gasteiger partial charge >= 0.3 is 0 Å². The van der Waals surface area contributed by atoms with Crippen LogP contribution in [0.2, 0.25) is 5.02 Å². The predicted octanol–water partition coefficient (Wildman–Crippen LogP) is 3.45. The minimum Gasteiger partial charge on any atom is -0.495 e. The molecule has 0 aliphatic carbocycles. The fraction of sp³-hybridized carbons (Fsp3) is 0.286. The molecule has 0 unspecified atom stereocenters. The number of rotatable bonds is 8. The van der Waals surface area contributed by atoms with Crippen molar-refractivity contribution in [2.45, 2.75) is 19.9 Å². The summed E-state index contributed by atoms with van der Waals surface area (Å²) in [4.78, 5) is 38.0. The van der Waals surface area contributed by atoms with Gasteiger partial charge in [-0.05, 0) is 51.2 Å². The second kappa shape index (κ2) is 10.0. The van der Waals surface area contributed by atoms with E-state index in [1.807, 2.05) is 0 Å². The van der Waals surface area contributed by atoms with Crippen molar-refractivity contribution >= 4 is 40.6 Å². The zero-order valence-electron chi connectivity index (χ0n) is 16.8. The highest BCUT2D eigenvalue weighted by Crippen LogP contribution is 2.27. The minimum atomic E-state index is -0.581. The maximum atomic E-state index is 12.5. The van der Waals surface area contributed by atoms with Gasteiger partial charge < -0.3 is 15.4 Å². The maximum Gasteiger partial charge on any atom is 0.241 e. The fourth-order valence-electron chi connectivity index (χ4n) is 2.59. The molecule has 7 nitrogen and oxygen atoms in total. The van der Waals surface area contributed by atoms with E-state index in [0.29, 0.717) is 27.7 Å². The summed E-state index contributed by atoms with van der Waals surface area (Å²) in [5.74, 6) is -0.200. The molecule has 2 aromatic rings. The Labute approximate surface area is 175 Å². The first-order chi connectivity index (χ1) is 13.7. The highest BCUT2D eigenvalue weighted by atomic mass is 35.5. The number of halogens is 1. The number of methoxy groups -OCH3 is 1. The first-order valence-corrected chi connectivity index (χ1v) is 9.34. The predicted molar refractivity (Wildman–Crippen MR) is 114 cm³/mol. The van der Waals surface area contributed by atoms with Crippen molar-refractivity contribution in [2.24, 2.45) is 0 Å². The van der Waals surface area contributed by atoms with E-state index in [0.717, 1.165) is 0 Å². The van der Waals surface area contributed by atoms with E-state index in [2.05, 4.69) is 10.6 Å². The van der Waals surface area contributed by atoms with Crippen molar-refractivity contribution in [3.8, 4) is 5.75 Å². The molecule has 0 fully saturated rings. The lowest BCUT2D eigenvalue weighted by Gasteiger charge is -2.23. The first kappa shape index (κ1) is 22.4. The number of amides is 2. The zero-order valence-corrected chi connectivity index (χ0v) is 17.5. The number of benzene rings is 2. The molecule has 154 valence electrons. The topological polar surface area (TPSA) is 87.7 Å². The molecular formula is C21H24ClN3O4. The summed E-state index contributed by atoms with van der Waals surface area (Å²) in [6.45, 7) is 3.14. The summed E-state index contributed by atoms with van der Waals surface area (Å²) in [6.07, 6.45) is 0. The van der Waals surface area contributed by atoms with Crippen LogP contribution in [0.25, 0.3) is 0 Å². The number of carbonyl (C=O) groups excluding carboxylic acids is 3. The van der Waals surface area contributed by atoms with Crippen molar-refractivity contribution in [1.82, 2.24) is 4.90 Å². The van der Waals surface area contributed by atoms with Gasteiger partial charge in [-0.3, -0.25) is 19.3 Å². The van der Waals surface area contributed by atoms with Crippen molar-refractivity contribution in [2.75, 3.05) is 31.3 Å². The van der Waals surface area contributed by atoms with Gasteiger partial charge in [0.25, 0.3) is 0 Å². The lowest BCUT2D eigenvalue weighted by atomic mass is 10.1. The number of ketones is 1. The van der Waals surface area contributed by atoms with Gasteiger partial charge in [0.1, 0.15) is 5.75 Å². The Kier molecular flexibility index (Phi) is 7.75. The Bertz CT molecular complexity index is 917. The summed E-state index contributed by atoms with van der Waals surface area (Å²) < 4.78 is 5.21. The fourth-order valence-corrected chi connectivity index (χ4v) is 2.77. The van der Waals surface area contributed by atoms with Crippen LogP contribution >= 0.6 is 11.6 Å². The Balaban J connectivity index is 1.97. The van der Waals surface area contributed by atoms with Crippen LogP contribution in [-0.4, -0.2) is 49.2 Å². The van der Waals surface area contributed by atoms with E-state index >= 15 is 0 Å². The molecule has 0 aliphatic rings. The number of ether oxygens (including phenoxy) is 1. The average molecular weight is 418 g/mol. The molecule has 0 spiro atoms. The van der Waals surface area contributed by atoms with Crippen LogP contribution < -0.4 is 15.4 Å². The number of hydrogen-bond acceptors (Lipinski definition) is 5. The molecule has 0 aromatic heterocycles. The third kappa shape index (κ3) is 6.30. The van der Waals surface area contributed by atoms with Crippen LogP contribution in [0.15, 0.2) is 42.5 Å². The Hall–Kier alpha value is -2.90. The van der Waals surface area contributed by atoms with Gasteiger partial charge in [0.2, 0.25) is 11.8 Å². The monoisotopic (exact) mass is 417 g/mol. The molecule has 0 radical (unpaired) electrons. The average Bonchev–Trinajstić information content (AvgIpc) is 2.67. The molecule has 1 atom stereocenters. The number of carbonyl (C=O) groups is 3. The SMILES string of the molecule is COc1ccc(Cl)cc1NC(=O)CN(C)[C@H](C)C(=O)Nc1cccc(C(C)=O)c1. The van der Waals surface area contributed by atoms with E-state index in [1.165, 1.54) is 14.0 Å². The van der Waals surface area contributed by atoms with Crippen molar-refractivity contribution < 1.29 is 19.1 Å². The minimum absolute atomic E-state index is 0.0161. The summed E-state index contributed by atoms with van der Waals surface area (Å²) in [5.41, 5.74) is 1.49. The van der Waals surface area contributed by atoms with Gasteiger partial charge in [-0.1, -0.05) is 23.7 Å². The van der Waals surface area contributed by atoms with Gasteiger partial charge in [0.05, 0.1) is 25.4 Å². The van der Waals surface area contributed by atoms with Crippen LogP contribution in [0.3, 0.4) is 0 Å². The van der Waals surface area contributed by atoms with E-state index < -0.39 is 6.04 Å². The van der Waals surface area contributed by atoms with Crippen molar-refractivity contribution in [1.29, 1.82) is 0 Å². The number of nitrogens with one attached hydrogen (secondary N) is 2. The number of likely N-dealkylation sites (N-methyl/N-ethyl adjacent to an activating group) is 1. The Morgan fingerprint density at radius 1 is 1.14 bits per heavy atom. The standard InChI is InChI=1S/C21H24ClN3O4/c1-13(21(28)23-17-7-5-6-15(10-17)14(2)26)25(3)12-20(27)24-18-11-16(22)8-9-19(18)29-4/h5-11,13H,12H2,1-4H3,(H,23,28)(H,24,27)/t13-/m1/s1. The van der Waals surface area contributed by atoms with Gasteiger partial charge in [-0.15, -0.1) is 0 Å². The second-order valence-electron chi connectivity index (χ2n) is 6.61. The van der Waals surface area contributed by atoms with Crippen molar-refractivity contribution in [3.63, 3.8) is 0 Å². The van der Waals surface area contributed by atoms with E-state index in [9.17, 15) is 14.4 Å². The molecule has 0 bridgehead atoms. The van der Waals surface area contributed by atoms with Crippen LogP contribution in [0.1, 0.15) is 24.2 Å². The van der Waals surface area contributed by atoms with Gasteiger partial charge in [-0.2, -0.15) is 0 Å². The van der Waals surface area contributed by atoms with Crippen molar-refractivity contribution in [3.05, 3.63) is 53.1 Å². The molecular weight excluding hydrogens is 394 g/mol. The molecule has 2 rings (SSSR count). The van der Waals surface area contributed by atoms with E-state index in [-0.39, 0.29) is 24.1 Å². The number of Topliss-reactive ketones (excluding diaryl/α,β-unsaturated/α-hetero) is 1. The first-order valence-electron chi connectivity index (χ1n) is 8.96. The Morgan fingerprint density at radius 3 is 2.52 bits per heavy atom. The molecule has 2 N–H and O–H groups in total. The van der Waals surface area contributed by atoms with Crippen LogP contribution in [0.4, 0.5) is 11.4 Å². The number of anilines is 2. The van der Waals surface area contributed by atoms with Crippen LogP contribution in [0.5, 0.6) is 5.75 Å². The summed E-state index contributed by atoms with van der Waals surface area (Å²) in [7, 11) is 3.17. The third-order valence-corrected chi connectivity index (χ3v) is 4.64. The van der Waals surface area contributed by atoms with E-state index in [4.69, 9.17) is 16.3 Å². The molecule has 2 aromatic carbocycles. The highest BCUT2D eigenvalue weighted by molar-refractivity contribution is 6.31. The van der Waals surface area contributed by atoms with Gasteiger partial charge in [-0.25, -0.2) is 0 Å². The largest absolute Gasteiger partial charge is 0.495 e. The molecule has 29 heavy (non-hydrogen) atoms. The molecule has 0 saturated heterocycles. The molecule has 0 aliphatic heterocycles. The maximum absolute atomic E-state index is 12.5. The quantitative estimate of drug-likeness (QED) is 0.642. The summed E-state index contributed by atoms with van der Waals surface area (Å²) >= 11 is 5.97. The smallest absolute Gasteiger partial charge is 0.241 e. The number of hydrogen-bond donors (Lipinski definition) is 2. The van der Waals surface area contributed by atoms with Crippen LogP contribution in [0, 0.1) is 0 Å². The number of nitrogens with zero attached hydrogens (tertiary/aromatic N) is 1. The zero-order chi connectivity index (χ0) is 21.6. The highest BCUT2D eigenvalue weighted by Gasteiger charge is 2.21. The molecule has 2 amide bonds. The molecule has 8 heteroatoms. The Morgan fingerprint density at radius 2 is 1.86 bits per heavy atom. The molecule has 0 heterocycles. The van der Waals surface area contributed by atoms with Gasteiger partial charge in [0, 0.05) is 16.3 Å². The molecule has 0 saturated carbocycles. The summed E-state index contributed by atoms with van der Waals surface area (Å²) in [6, 6.07) is 11.0. The summed E-state index contributed by atoms with van der Waals surface area (Å²) in [5, 5.41) is 5.97. The van der Waals surface area contributed by atoms with Crippen LogP contribution in [-0.2, 0) is 9.59 Å². The third-order valence-electron chi connectivity index (χ3n) is 4.41. The lowest BCUT2D eigenvalue weighted by Crippen LogP contribution is -2.43. The normalized spacial score (nSPS) is 11.7. The lowest BCUT2D eigenvalue weighted by molar-refractivity contribution is -0.122. The van der Waals surface area contributed by atoms with E-state index in [1.54, 1.807) is 61.3 Å². The van der Waals surface area contributed by atoms with Gasteiger partial charge in [0.15, 0.2) is 5.78 Å². The second-order valence-corrected chi connectivity index (χ2v) is 7.05.